The highest BCUT2D eigenvalue weighted by Gasteiger charge is 2.33. The van der Waals surface area contributed by atoms with Crippen LogP contribution in [0.2, 0.25) is 0 Å². The second-order valence-corrected chi connectivity index (χ2v) is 7.39. The Bertz CT molecular complexity index is 1110. The van der Waals surface area contributed by atoms with E-state index in [-0.39, 0.29) is 11.7 Å². The van der Waals surface area contributed by atoms with Crippen LogP contribution < -0.4 is 10.1 Å². The second-order valence-electron chi connectivity index (χ2n) is 7.39. The predicted octanol–water partition coefficient (Wildman–Crippen LogP) is 2.98. The minimum atomic E-state index is -0.889. The zero-order valence-electron chi connectivity index (χ0n) is 17.1. The van der Waals surface area contributed by atoms with Crippen LogP contribution >= 0.6 is 0 Å². The second kappa shape index (κ2) is 9.55. The molecule has 2 aromatic carbocycles. The summed E-state index contributed by atoms with van der Waals surface area (Å²) in [6.45, 7) is 0.194. The molecule has 8 heteroatoms. The van der Waals surface area contributed by atoms with Gasteiger partial charge in [0.05, 0.1) is 0 Å². The number of nitrogens with zero attached hydrogens (tertiary/aromatic N) is 2. The predicted molar refractivity (Wildman–Crippen MR) is 114 cm³/mol. The van der Waals surface area contributed by atoms with Gasteiger partial charge in [-0.15, -0.1) is 0 Å². The topological polar surface area (TPSA) is 71.5 Å². The van der Waals surface area contributed by atoms with E-state index in [0.29, 0.717) is 25.6 Å². The zero-order chi connectivity index (χ0) is 22.5. The Labute approximate surface area is 183 Å². The van der Waals surface area contributed by atoms with Gasteiger partial charge in [-0.1, -0.05) is 24.3 Å². The van der Waals surface area contributed by atoms with Crippen molar-refractivity contribution in [1.29, 1.82) is 0 Å². The van der Waals surface area contributed by atoms with E-state index in [1.807, 2.05) is 36.4 Å². The van der Waals surface area contributed by atoms with Gasteiger partial charge in [0.1, 0.15) is 11.9 Å². The van der Waals surface area contributed by atoms with Crippen molar-refractivity contribution in [2.45, 2.75) is 12.5 Å². The molecular weight excluding hydrogens is 416 g/mol. The lowest BCUT2D eigenvalue weighted by molar-refractivity contribution is -0.144. The Morgan fingerprint density at radius 3 is 2.50 bits per heavy atom. The summed E-state index contributed by atoms with van der Waals surface area (Å²) < 4.78 is 32.0. The average molecular weight is 437 g/mol. The highest BCUT2D eigenvalue weighted by Crippen LogP contribution is 2.21. The van der Waals surface area contributed by atoms with E-state index in [9.17, 15) is 18.4 Å². The third kappa shape index (κ3) is 4.91. The fourth-order valence-electron chi connectivity index (χ4n) is 3.63. The normalized spacial score (nSPS) is 15.9. The number of rotatable bonds is 6. The van der Waals surface area contributed by atoms with E-state index in [4.69, 9.17) is 4.74 Å². The number of carbonyl (C=O) groups excluding carboxylic acids is 2. The highest BCUT2D eigenvalue weighted by molar-refractivity contribution is 5.89. The van der Waals surface area contributed by atoms with Crippen LogP contribution in [0, 0.1) is 11.6 Å². The molecule has 1 fully saturated rings. The summed E-state index contributed by atoms with van der Waals surface area (Å²) in [5.41, 5.74) is 2.95. The van der Waals surface area contributed by atoms with Crippen molar-refractivity contribution in [2.24, 2.45) is 0 Å². The minimum Gasteiger partial charge on any atom is -0.481 e. The van der Waals surface area contributed by atoms with Gasteiger partial charge in [-0.05, 0) is 41.0 Å². The molecule has 1 saturated heterocycles. The van der Waals surface area contributed by atoms with E-state index in [1.165, 1.54) is 4.90 Å². The molecule has 1 aromatic heterocycles. The summed E-state index contributed by atoms with van der Waals surface area (Å²) in [5, 5.41) is 2.78. The summed E-state index contributed by atoms with van der Waals surface area (Å²) >= 11 is 0. The third-order valence-corrected chi connectivity index (χ3v) is 5.29. The first-order valence-electron chi connectivity index (χ1n) is 10.2. The van der Waals surface area contributed by atoms with Crippen molar-refractivity contribution in [1.82, 2.24) is 15.2 Å². The lowest BCUT2D eigenvalue weighted by atomic mass is 9.99. The van der Waals surface area contributed by atoms with E-state index in [1.54, 1.807) is 12.4 Å². The van der Waals surface area contributed by atoms with Crippen molar-refractivity contribution in [3.8, 4) is 16.9 Å². The third-order valence-electron chi connectivity index (χ3n) is 5.29. The monoisotopic (exact) mass is 437 g/mol. The Hall–Kier alpha value is -3.81. The van der Waals surface area contributed by atoms with Gasteiger partial charge < -0.3 is 15.0 Å². The molecule has 0 saturated carbocycles. The number of hydrogen-bond donors (Lipinski definition) is 1. The molecule has 0 spiro atoms. The van der Waals surface area contributed by atoms with Gasteiger partial charge in [0.15, 0.2) is 18.2 Å². The molecule has 0 bridgehead atoms. The average Bonchev–Trinajstić information content (AvgIpc) is 2.81. The van der Waals surface area contributed by atoms with Crippen LogP contribution in [0.15, 0.2) is 67.0 Å². The molecule has 2 heterocycles. The first kappa shape index (κ1) is 21.4. The Morgan fingerprint density at radius 1 is 1.06 bits per heavy atom. The Balaban J connectivity index is 1.44. The van der Waals surface area contributed by atoms with Crippen molar-refractivity contribution in [2.75, 3.05) is 19.7 Å². The Kier molecular flexibility index (Phi) is 6.39. The molecule has 4 rings (SSSR count). The van der Waals surface area contributed by atoms with Gasteiger partial charge in [-0.3, -0.25) is 14.6 Å². The zero-order valence-corrected chi connectivity index (χ0v) is 17.1. The summed E-state index contributed by atoms with van der Waals surface area (Å²) in [7, 11) is 0. The minimum absolute atomic E-state index is 0.218. The first-order chi connectivity index (χ1) is 15.5. The quantitative estimate of drug-likeness (QED) is 0.644. The molecule has 1 aliphatic heterocycles. The molecule has 0 unspecified atom stereocenters. The molecule has 1 atom stereocenters. The van der Waals surface area contributed by atoms with Crippen molar-refractivity contribution in [3.05, 3.63) is 84.2 Å². The number of nitrogens with one attached hydrogen (secondary N) is 1. The molecule has 0 aliphatic carbocycles. The lowest BCUT2D eigenvalue weighted by Crippen LogP contribution is -2.58. The van der Waals surface area contributed by atoms with E-state index in [2.05, 4.69) is 10.3 Å². The van der Waals surface area contributed by atoms with Crippen LogP contribution in [0.3, 0.4) is 0 Å². The number of carbonyl (C=O) groups is 2. The number of pyridine rings is 1. The summed E-state index contributed by atoms with van der Waals surface area (Å²) in [5.74, 6) is -2.54. The van der Waals surface area contributed by atoms with Gasteiger partial charge in [-0.25, -0.2) is 8.78 Å². The summed E-state index contributed by atoms with van der Waals surface area (Å²) in [4.78, 5) is 30.7. The van der Waals surface area contributed by atoms with Gasteiger partial charge in [0.2, 0.25) is 5.91 Å². The fraction of sp³-hybridized carbons (Fsp3) is 0.208. The Morgan fingerprint density at radius 2 is 1.78 bits per heavy atom. The summed E-state index contributed by atoms with van der Waals surface area (Å²) in [6, 6.07) is 13.7. The largest absolute Gasteiger partial charge is 0.481 e. The van der Waals surface area contributed by atoms with E-state index in [0.717, 1.165) is 28.8 Å². The number of ether oxygens (including phenoxy) is 1. The maximum atomic E-state index is 13.8. The number of aromatic nitrogens is 1. The first-order valence-corrected chi connectivity index (χ1v) is 10.2. The lowest BCUT2D eigenvalue weighted by Gasteiger charge is -2.35. The van der Waals surface area contributed by atoms with E-state index >= 15 is 0 Å². The molecule has 3 aromatic rings. The molecule has 164 valence electrons. The van der Waals surface area contributed by atoms with Crippen molar-refractivity contribution in [3.63, 3.8) is 0 Å². The van der Waals surface area contributed by atoms with E-state index < -0.39 is 30.2 Å². The molecule has 1 aliphatic rings. The molecule has 32 heavy (non-hydrogen) atoms. The van der Waals surface area contributed by atoms with Crippen LogP contribution in [0.4, 0.5) is 8.78 Å². The van der Waals surface area contributed by atoms with Crippen LogP contribution in [-0.2, 0) is 16.0 Å². The van der Waals surface area contributed by atoms with Crippen LogP contribution in [0.25, 0.3) is 11.1 Å². The molecule has 2 amide bonds. The number of amides is 2. The van der Waals surface area contributed by atoms with Gasteiger partial charge >= 0.3 is 0 Å². The highest BCUT2D eigenvalue weighted by atomic mass is 19.1. The van der Waals surface area contributed by atoms with Gasteiger partial charge in [0.25, 0.3) is 5.91 Å². The van der Waals surface area contributed by atoms with Crippen molar-refractivity contribution >= 4 is 11.8 Å². The number of halogens is 2. The SMILES string of the molecule is O=C1NCCN(C(=O)COc2ccc(F)cc2F)[C@H]1Cc1ccc(-c2ccncc2)cc1. The standard InChI is InChI=1S/C24H21F2N3O3/c25-19-5-6-22(20(26)14-19)32-15-23(30)29-12-11-28-24(31)21(29)13-16-1-3-17(4-2-16)18-7-9-27-10-8-18/h1-10,14,21H,11-13,15H2,(H,28,31)/t21-/m0/s1. The van der Waals surface area contributed by atoms with Gasteiger partial charge in [-0.2, -0.15) is 0 Å². The fourth-order valence-corrected chi connectivity index (χ4v) is 3.63. The number of hydrogen-bond acceptors (Lipinski definition) is 4. The molecule has 6 nitrogen and oxygen atoms in total. The van der Waals surface area contributed by atoms with Crippen LogP contribution in [0.1, 0.15) is 5.56 Å². The van der Waals surface area contributed by atoms with Crippen molar-refractivity contribution < 1.29 is 23.1 Å². The summed E-state index contributed by atoms with van der Waals surface area (Å²) in [6.07, 6.45) is 3.77. The van der Waals surface area contributed by atoms with Crippen LogP contribution in [-0.4, -0.2) is 47.4 Å². The van der Waals surface area contributed by atoms with Crippen LogP contribution in [0.5, 0.6) is 5.75 Å². The number of benzene rings is 2. The molecule has 1 N–H and O–H groups in total. The van der Waals surface area contributed by atoms with Gasteiger partial charge in [0, 0.05) is 38.0 Å². The molecular formula is C24H21F2N3O3. The maximum absolute atomic E-state index is 13.8. The maximum Gasteiger partial charge on any atom is 0.261 e. The smallest absolute Gasteiger partial charge is 0.261 e. The number of piperazine rings is 1. The molecule has 0 radical (unpaired) electrons.